The topological polar surface area (TPSA) is 66.4 Å². The summed E-state index contributed by atoms with van der Waals surface area (Å²) in [4.78, 5) is -1.73. The van der Waals surface area contributed by atoms with Crippen LogP contribution in [0.4, 0.5) is 0 Å². The molecular formula is C28H49NaO4S. The molecule has 0 bridgehead atoms. The van der Waals surface area contributed by atoms with E-state index in [-0.39, 0.29) is 36.0 Å². The van der Waals surface area contributed by atoms with Crippen molar-refractivity contribution in [2.45, 2.75) is 142 Å². The Bertz CT molecular complexity index is 751. The van der Waals surface area contributed by atoms with Gasteiger partial charge in [0.2, 0.25) is 0 Å². The second-order valence-electron chi connectivity index (χ2n) is 9.73. The maximum Gasteiger partial charge on any atom is 1.00 e. The normalized spacial score (nSPS) is 13.3. The van der Waals surface area contributed by atoms with Crippen molar-refractivity contribution in [1.29, 1.82) is 0 Å². The summed E-state index contributed by atoms with van der Waals surface area (Å²) in [5, 5.41) is 0. The van der Waals surface area contributed by atoms with Crippen molar-refractivity contribution in [2.24, 2.45) is 0 Å². The van der Waals surface area contributed by atoms with Crippen LogP contribution in [0, 0.1) is 0 Å². The van der Waals surface area contributed by atoms with Crippen LogP contribution in [0.1, 0.15) is 135 Å². The summed E-state index contributed by atoms with van der Waals surface area (Å²) in [5.41, 5.74) is 2.31. The summed E-state index contributed by atoms with van der Waals surface area (Å²) in [6.07, 6.45) is 19.6. The van der Waals surface area contributed by atoms with E-state index in [0.717, 1.165) is 31.2 Å². The van der Waals surface area contributed by atoms with Gasteiger partial charge >= 0.3 is 29.6 Å². The third kappa shape index (κ3) is 13.3. The van der Waals surface area contributed by atoms with Gasteiger partial charge in [-0.25, -0.2) is 8.42 Å². The van der Waals surface area contributed by atoms with E-state index in [2.05, 4.69) is 19.9 Å². The fourth-order valence-electron chi connectivity index (χ4n) is 4.17. The van der Waals surface area contributed by atoms with Crippen LogP contribution >= 0.6 is 0 Å². The molecule has 34 heavy (non-hydrogen) atoms. The molecule has 0 fully saturated rings. The molecule has 1 unspecified atom stereocenters. The van der Waals surface area contributed by atoms with Gasteiger partial charge in [0.25, 0.3) is 0 Å². The molecule has 0 aliphatic carbocycles. The summed E-state index contributed by atoms with van der Waals surface area (Å²) >= 11 is 0. The summed E-state index contributed by atoms with van der Waals surface area (Å²) in [6.45, 7) is 7.54. The first-order chi connectivity index (χ1) is 15.8. The first-order valence-corrected chi connectivity index (χ1v) is 14.9. The average Bonchev–Trinajstić information content (AvgIpc) is 2.78. The van der Waals surface area contributed by atoms with Crippen molar-refractivity contribution in [3.05, 3.63) is 29.3 Å². The van der Waals surface area contributed by atoms with Gasteiger partial charge in [0.1, 0.15) is 15.9 Å². The van der Waals surface area contributed by atoms with Crippen LogP contribution < -0.4 is 34.3 Å². The SMILES string of the molecule is CCCCCCCCCc1ccc(OC(C)(CC)S(=O)(=O)[O-])c(CCCCCCCCC)c1.[Na+]. The number of aryl methyl sites for hydroxylation is 2. The standard InChI is InChI=1S/C28H50O4S.Na/c1-5-8-10-12-14-16-18-20-25-22-23-27(32-28(4,7-3)33(29,30)31)26(24-25)21-19-17-15-13-11-9-6-2;/h22-24H,5-21H2,1-4H3,(H,29,30,31);/q;+1/p-1. The molecule has 0 N–H and O–H groups in total. The zero-order valence-corrected chi connectivity index (χ0v) is 25.6. The summed E-state index contributed by atoms with van der Waals surface area (Å²) in [5.74, 6) is 0.549. The first-order valence-electron chi connectivity index (χ1n) is 13.5. The van der Waals surface area contributed by atoms with Crippen LogP contribution in [0.25, 0.3) is 0 Å². The molecule has 0 aliphatic heterocycles. The van der Waals surface area contributed by atoms with Crippen molar-refractivity contribution in [1.82, 2.24) is 0 Å². The van der Waals surface area contributed by atoms with Crippen molar-refractivity contribution >= 4 is 10.1 Å². The van der Waals surface area contributed by atoms with Gasteiger partial charge in [-0.3, -0.25) is 0 Å². The molecule has 0 radical (unpaired) electrons. The largest absolute Gasteiger partial charge is 1.00 e. The van der Waals surface area contributed by atoms with Crippen molar-refractivity contribution in [3.8, 4) is 5.75 Å². The Morgan fingerprint density at radius 1 is 0.765 bits per heavy atom. The van der Waals surface area contributed by atoms with Gasteiger partial charge in [-0.15, -0.1) is 0 Å². The monoisotopic (exact) mass is 504 g/mol. The Morgan fingerprint density at radius 2 is 1.24 bits per heavy atom. The Labute approximate surface area is 233 Å². The van der Waals surface area contributed by atoms with Gasteiger partial charge in [-0.2, -0.15) is 0 Å². The summed E-state index contributed by atoms with van der Waals surface area (Å²) < 4.78 is 41.4. The van der Waals surface area contributed by atoms with E-state index < -0.39 is 15.1 Å². The minimum atomic E-state index is -4.58. The van der Waals surface area contributed by atoms with Crippen molar-refractivity contribution in [3.63, 3.8) is 0 Å². The fraction of sp³-hybridized carbons (Fsp3) is 0.786. The molecule has 1 atom stereocenters. The predicted molar refractivity (Wildman–Crippen MR) is 139 cm³/mol. The van der Waals surface area contributed by atoms with E-state index in [9.17, 15) is 13.0 Å². The number of hydrogen-bond acceptors (Lipinski definition) is 4. The molecule has 6 heteroatoms. The van der Waals surface area contributed by atoms with E-state index in [1.54, 1.807) is 6.92 Å². The van der Waals surface area contributed by atoms with Gasteiger partial charge in [-0.05, 0) is 56.2 Å². The molecular weight excluding hydrogens is 455 g/mol. The van der Waals surface area contributed by atoms with Gasteiger partial charge in [0, 0.05) is 0 Å². The third-order valence-electron chi connectivity index (χ3n) is 6.74. The molecule has 0 saturated heterocycles. The third-order valence-corrected chi connectivity index (χ3v) is 8.17. The van der Waals surface area contributed by atoms with Crippen molar-refractivity contribution < 1.29 is 47.3 Å². The van der Waals surface area contributed by atoms with Gasteiger partial charge < -0.3 is 9.29 Å². The number of unbranched alkanes of at least 4 members (excludes halogenated alkanes) is 12. The molecule has 0 spiro atoms. The number of hydrogen-bond donors (Lipinski definition) is 0. The van der Waals surface area contributed by atoms with E-state index in [0.29, 0.717) is 5.75 Å². The average molecular weight is 505 g/mol. The van der Waals surface area contributed by atoms with Crippen LogP contribution in [-0.2, 0) is 23.0 Å². The van der Waals surface area contributed by atoms with Crippen molar-refractivity contribution in [2.75, 3.05) is 0 Å². The minimum absolute atomic E-state index is 0. The van der Waals surface area contributed by atoms with Gasteiger partial charge in [-0.1, -0.05) is 110 Å². The molecule has 192 valence electrons. The van der Waals surface area contributed by atoms with Gasteiger partial charge in [0.15, 0.2) is 4.93 Å². The molecule has 1 aromatic carbocycles. The number of ether oxygens (including phenoxy) is 1. The van der Waals surface area contributed by atoms with Crippen LogP contribution in [0.15, 0.2) is 18.2 Å². The molecule has 0 aliphatic rings. The van der Waals surface area contributed by atoms with Gasteiger partial charge in [0.05, 0.1) is 0 Å². The fourth-order valence-corrected chi connectivity index (χ4v) is 4.72. The Kier molecular flexibility index (Phi) is 19.1. The maximum atomic E-state index is 11.8. The maximum absolute atomic E-state index is 11.8. The zero-order valence-electron chi connectivity index (χ0n) is 22.8. The summed E-state index contributed by atoms with van der Waals surface area (Å²) in [6, 6.07) is 6.09. The second kappa shape index (κ2) is 19.1. The van der Waals surface area contributed by atoms with Crippen LogP contribution in [0.3, 0.4) is 0 Å². The Hall–Kier alpha value is -0.0700. The molecule has 4 nitrogen and oxygen atoms in total. The Morgan fingerprint density at radius 3 is 1.71 bits per heavy atom. The molecule has 0 heterocycles. The molecule has 0 aromatic heterocycles. The predicted octanol–water partition coefficient (Wildman–Crippen LogP) is 5.33. The first kappa shape index (κ1) is 33.9. The number of rotatable bonds is 20. The van der Waals surface area contributed by atoms with E-state index in [4.69, 9.17) is 4.74 Å². The molecule has 1 aromatic rings. The second-order valence-corrected chi connectivity index (χ2v) is 11.5. The quantitative estimate of drug-likeness (QED) is 0.137. The van der Waals surface area contributed by atoms with Crippen LogP contribution in [-0.4, -0.2) is 17.9 Å². The van der Waals surface area contributed by atoms with E-state index >= 15 is 0 Å². The smallest absolute Gasteiger partial charge is 0.745 e. The van der Waals surface area contributed by atoms with E-state index in [1.165, 1.54) is 89.5 Å². The van der Waals surface area contributed by atoms with E-state index in [1.807, 2.05) is 12.1 Å². The molecule has 0 amide bonds. The number of benzene rings is 1. The minimum Gasteiger partial charge on any atom is -0.745 e. The van der Waals surface area contributed by atoms with Crippen LogP contribution in [0.2, 0.25) is 0 Å². The van der Waals surface area contributed by atoms with Crippen LogP contribution in [0.5, 0.6) is 5.75 Å². The Balaban J connectivity index is 0.0000109. The molecule has 1 rings (SSSR count). The zero-order chi connectivity index (χ0) is 24.6. The summed E-state index contributed by atoms with van der Waals surface area (Å²) in [7, 11) is -4.58. The molecule has 0 saturated carbocycles.